The van der Waals surface area contributed by atoms with Crippen molar-refractivity contribution in [3.05, 3.63) is 54.1 Å². The number of carbonyl (C=O) groups excluding carboxylic acids is 1. The Kier molecular flexibility index (Phi) is 6.59. The summed E-state index contributed by atoms with van der Waals surface area (Å²) >= 11 is 0. The van der Waals surface area contributed by atoms with Crippen molar-refractivity contribution < 1.29 is 27.5 Å². The molecule has 1 unspecified atom stereocenters. The third kappa shape index (κ3) is 4.74. The molecule has 0 heterocycles. The summed E-state index contributed by atoms with van der Waals surface area (Å²) in [4.78, 5) is 17.3. The number of hydrogen-bond donors (Lipinski definition) is 1. The van der Waals surface area contributed by atoms with Gasteiger partial charge in [-0.05, 0) is 48.9 Å². The molecule has 0 fully saturated rings. The zero-order chi connectivity index (χ0) is 19.2. The van der Waals surface area contributed by atoms with Gasteiger partial charge in [0.1, 0.15) is 16.7 Å². The van der Waals surface area contributed by atoms with Crippen molar-refractivity contribution in [2.45, 2.75) is 23.7 Å². The molecule has 0 saturated carbocycles. The van der Waals surface area contributed by atoms with Crippen LogP contribution in [0, 0.1) is 0 Å². The minimum Gasteiger partial charge on any atom is -0.497 e. The first-order valence-corrected chi connectivity index (χ1v) is 9.35. The van der Waals surface area contributed by atoms with Gasteiger partial charge < -0.3 is 9.47 Å². The maximum Gasteiger partial charge on any atom is 0.261 e. The van der Waals surface area contributed by atoms with Crippen LogP contribution in [-0.2, 0) is 26.1 Å². The standard InChI is InChI=1S/C18H21NO6S/c1-13(26(21,22)17-10-8-16(24-3)9-11-17)18(20)19-25-12-14-4-6-15(23-2)7-5-14/h4-11,13H,12H2,1-3H3,(H,19,20). The van der Waals surface area contributed by atoms with Gasteiger partial charge >= 0.3 is 0 Å². The highest BCUT2D eigenvalue weighted by molar-refractivity contribution is 7.92. The number of rotatable bonds is 8. The van der Waals surface area contributed by atoms with Crippen LogP contribution in [0.3, 0.4) is 0 Å². The van der Waals surface area contributed by atoms with Gasteiger partial charge in [-0.15, -0.1) is 0 Å². The van der Waals surface area contributed by atoms with E-state index in [4.69, 9.17) is 14.3 Å². The van der Waals surface area contributed by atoms with E-state index in [1.54, 1.807) is 31.4 Å². The van der Waals surface area contributed by atoms with Crippen LogP contribution in [0.1, 0.15) is 12.5 Å². The molecule has 1 atom stereocenters. The van der Waals surface area contributed by atoms with Crippen LogP contribution in [0.15, 0.2) is 53.4 Å². The Bertz CT molecular complexity index is 831. The number of sulfone groups is 1. The van der Waals surface area contributed by atoms with E-state index in [1.165, 1.54) is 38.3 Å². The molecule has 2 aromatic carbocycles. The summed E-state index contributed by atoms with van der Waals surface area (Å²) in [5.74, 6) is 0.496. The van der Waals surface area contributed by atoms with Gasteiger partial charge in [-0.1, -0.05) is 12.1 Å². The fourth-order valence-corrected chi connectivity index (χ4v) is 3.36. The van der Waals surface area contributed by atoms with E-state index in [-0.39, 0.29) is 11.5 Å². The van der Waals surface area contributed by atoms with E-state index < -0.39 is 21.0 Å². The first-order chi connectivity index (χ1) is 12.4. The highest BCUT2D eigenvalue weighted by Gasteiger charge is 2.30. The quantitative estimate of drug-likeness (QED) is 0.707. The summed E-state index contributed by atoms with van der Waals surface area (Å²) in [5, 5.41) is -1.30. The molecule has 0 aliphatic carbocycles. The van der Waals surface area contributed by atoms with Gasteiger partial charge in [0.2, 0.25) is 0 Å². The molecular weight excluding hydrogens is 358 g/mol. The maximum atomic E-state index is 12.5. The van der Waals surface area contributed by atoms with Crippen LogP contribution >= 0.6 is 0 Å². The average molecular weight is 379 g/mol. The molecule has 140 valence electrons. The lowest BCUT2D eigenvalue weighted by Gasteiger charge is -2.13. The third-order valence-corrected chi connectivity index (χ3v) is 5.87. The number of hydroxylamine groups is 1. The molecule has 2 aromatic rings. The van der Waals surface area contributed by atoms with E-state index in [2.05, 4.69) is 5.48 Å². The molecule has 0 aliphatic rings. The number of hydrogen-bond acceptors (Lipinski definition) is 6. The van der Waals surface area contributed by atoms with Crippen molar-refractivity contribution in [2.75, 3.05) is 14.2 Å². The van der Waals surface area contributed by atoms with E-state index in [0.29, 0.717) is 11.5 Å². The topological polar surface area (TPSA) is 90.9 Å². The Hall–Kier alpha value is -2.58. The van der Waals surface area contributed by atoms with Crippen molar-refractivity contribution >= 4 is 15.7 Å². The third-order valence-electron chi connectivity index (χ3n) is 3.79. The molecule has 26 heavy (non-hydrogen) atoms. The molecule has 0 radical (unpaired) electrons. The van der Waals surface area contributed by atoms with E-state index in [0.717, 1.165) is 5.56 Å². The summed E-state index contributed by atoms with van der Waals surface area (Å²) in [6, 6.07) is 12.9. The summed E-state index contributed by atoms with van der Waals surface area (Å²) in [7, 11) is -0.780. The number of nitrogens with one attached hydrogen (secondary N) is 1. The van der Waals surface area contributed by atoms with Gasteiger partial charge in [-0.25, -0.2) is 13.9 Å². The first-order valence-electron chi connectivity index (χ1n) is 7.81. The monoisotopic (exact) mass is 379 g/mol. The lowest BCUT2D eigenvalue weighted by Crippen LogP contribution is -2.37. The second-order valence-corrected chi connectivity index (χ2v) is 7.73. The highest BCUT2D eigenvalue weighted by Crippen LogP contribution is 2.20. The van der Waals surface area contributed by atoms with Crippen molar-refractivity contribution in [3.8, 4) is 11.5 Å². The van der Waals surface area contributed by atoms with Gasteiger partial charge in [0.25, 0.3) is 5.91 Å². The normalized spacial score (nSPS) is 12.3. The molecular formula is C18H21NO6S. The Labute approximate surface area is 152 Å². The molecule has 0 saturated heterocycles. The molecule has 7 nitrogen and oxygen atoms in total. The van der Waals surface area contributed by atoms with E-state index in [1.807, 2.05) is 0 Å². The summed E-state index contributed by atoms with van der Waals surface area (Å²) in [5.41, 5.74) is 2.99. The lowest BCUT2D eigenvalue weighted by molar-refractivity contribution is -0.133. The van der Waals surface area contributed by atoms with Crippen LogP contribution in [0.2, 0.25) is 0 Å². The Morgan fingerprint density at radius 3 is 1.96 bits per heavy atom. The second-order valence-electron chi connectivity index (χ2n) is 5.47. The molecule has 0 spiro atoms. The van der Waals surface area contributed by atoms with Crippen LogP contribution in [0.5, 0.6) is 11.5 Å². The molecule has 0 bridgehead atoms. The minimum atomic E-state index is -3.83. The zero-order valence-corrected chi connectivity index (χ0v) is 15.6. The highest BCUT2D eigenvalue weighted by atomic mass is 32.2. The maximum absolute atomic E-state index is 12.5. The largest absolute Gasteiger partial charge is 0.497 e. The van der Waals surface area contributed by atoms with Gasteiger partial charge in [0.05, 0.1) is 25.7 Å². The molecule has 1 amide bonds. The lowest BCUT2D eigenvalue weighted by atomic mass is 10.2. The smallest absolute Gasteiger partial charge is 0.261 e. The molecule has 0 aliphatic heterocycles. The van der Waals surface area contributed by atoms with E-state index in [9.17, 15) is 13.2 Å². The SMILES string of the molecule is COc1ccc(CONC(=O)C(C)S(=O)(=O)c2ccc(OC)cc2)cc1. The molecule has 1 N–H and O–H groups in total. The first kappa shape index (κ1) is 19.7. The second kappa shape index (κ2) is 8.68. The number of benzene rings is 2. The van der Waals surface area contributed by atoms with Gasteiger partial charge in [-0.2, -0.15) is 0 Å². The van der Waals surface area contributed by atoms with Crippen LogP contribution in [0.4, 0.5) is 0 Å². The summed E-state index contributed by atoms with van der Waals surface area (Å²) < 4.78 is 35.1. The average Bonchev–Trinajstić information content (AvgIpc) is 2.67. The minimum absolute atomic E-state index is 0.0381. The Balaban J connectivity index is 1.94. The molecule has 8 heteroatoms. The fraction of sp³-hybridized carbons (Fsp3) is 0.278. The van der Waals surface area contributed by atoms with Crippen LogP contribution in [0.25, 0.3) is 0 Å². The summed E-state index contributed by atoms with van der Waals surface area (Å²) in [6.45, 7) is 1.41. The van der Waals surface area contributed by atoms with Crippen LogP contribution in [-0.4, -0.2) is 33.8 Å². The molecule has 2 rings (SSSR count). The fourth-order valence-electron chi connectivity index (χ4n) is 2.11. The molecule has 0 aromatic heterocycles. The van der Waals surface area contributed by atoms with Gasteiger partial charge in [0, 0.05) is 0 Å². The van der Waals surface area contributed by atoms with Crippen molar-refractivity contribution in [1.29, 1.82) is 0 Å². The van der Waals surface area contributed by atoms with Crippen molar-refractivity contribution in [2.24, 2.45) is 0 Å². The summed E-state index contributed by atoms with van der Waals surface area (Å²) in [6.07, 6.45) is 0. The Morgan fingerprint density at radius 1 is 0.962 bits per heavy atom. The Morgan fingerprint density at radius 2 is 1.46 bits per heavy atom. The number of carbonyl (C=O) groups is 1. The van der Waals surface area contributed by atoms with Crippen LogP contribution < -0.4 is 15.0 Å². The van der Waals surface area contributed by atoms with Crippen molar-refractivity contribution in [3.63, 3.8) is 0 Å². The zero-order valence-electron chi connectivity index (χ0n) is 14.8. The predicted molar refractivity (Wildman–Crippen MR) is 95.6 cm³/mol. The number of methoxy groups -OCH3 is 2. The van der Waals surface area contributed by atoms with Gasteiger partial charge in [-0.3, -0.25) is 9.63 Å². The van der Waals surface area contributed by atoms with Gasteiger partial charge in [0.15, 0.2) is 9.84 Å². The number of ether oxygens (including phenoxy) is 2. The number of amides is 1. The predicted octanol–water partition coefficient (Wildman–Crippen LogP) is 2.11. The van der Waals surface area contributed by atoms with Crippen molar-refractivity contribution in [1.82, 2.24) is 5.48 Å². The van der Waals surface area contributed by atoms with E-state index >= 15 is 0 Å².